The Bertz CT molecular complexity index is 174. The van der Waals surface area contributed by atoms with E-state index in [1.54, 1.807) is 0 Å². The Morgan fingerprint density at radius 1 is 1.18 bits per heavy atom. The van der Waals surface area contributed by atoms with Gasteiger partial charge in [0.05, 0.1) is 11.2 Å². The van der Waals surface area contributed by atoms with E-state index in [9.17, 15) is 0 Å². The second kappa shape index (κ2) is 2.01. The predicted molar refractivity (Wildman–Crippen MR) is 45.5 cm³/mol. The fourth-order valence-electron chi connectivity index (χ4n) is 3.12. The smallest absolute Gasteiger partial charge is 0.0717 e. The lowest BCUT2D eigenvalue weighted by atomic mass is 9.63. The van der Waals surface area contributed by atoms with Crippen molar-refractivity contribution in [3.63, 3.8) is 0 Å². The van der Waals surface area contributed by atoms with Gasteiger partial charge in [-0.2, -0.15) is 0 Å². The van der Waals surface area contributed by atoms with Crippen LogP contribution in [0.5, 0.6) is 0 Å². The molecule has 2 aliphatic rings. The van der Waals surface area contributed by atoms with Gasteiger partial charge in [-0.25, -0.2) is 0 Å². The lowest BCUT2D eigenvalue weighted by molar-refractivity contribution is -0.314. The molecule has 0 aromatic rings. The molecule has 0 aromatic carbocycles. The molecule has 0 spiro atoms. The fourth-order valence-corrected chi connectivity index (χ4v) is 3.12. The summed E-state index contributed by atoms with van der Waals surface area (Å²) in [5, 5.41) is 0. The first-order valence-corrected chi connectivity index (χ1v) is 4.75. The fraction of sp³-hybridized carbons (Fsp3) is 1.00. The van der Waals surface area contributed by atoms with Crippen molar-refractivity contribution in [3.8, 4) is 0 Å². The van der Waals surface area contributed by atoms with Gasteiger partial charge in [0.15, 0.2) is 0 Å². The van der Waals surface area contributed by atoms with Crippen LogP contribution in [-0.2, 0) is 4.74 Å². The van der Waals surface area contributed by atoms with Crippen LogP contribution in [0.25, 0.3) is 0 Å². The van der Waals surface area contributed by atoms with E-state index in [0.717, 1.165) is 5.92 Å². The Kier molecular flexibility index (Phi) is 1.39. The number of fused-ring (bicyclic) bond motifs is 1. The van der Waals surface area contributed by atoms with Crippen molar-refractivity contribution in [2.75, 3.05) is 0 Å². The van der Waals surface area contributed by atoms with Crippen LogP contribution in [0.15, 0.2) is 0 Å². The summed E-state index contributed by atoms with van der Waals surface area (Å²) < 4.78 is 5.92. The lowest BCUT2D eigenvalue weighted by Crippen LogP contribution is -2.65. The third-order valence-electron chi connectivity index (χ3n) is 3.49. The van der Waals surface area contributed by atoms with E-state index in [0.29, 0.717) is 0 Å². The maximum atomic E-state index is 5.92. The maximum Gasteiger partial charge on any atom is 0.0717 e. The van der Waals surface area contributed by atoms with Crippen LogP contribution >= 0.6 is 0 Å². The summed E-state index contributed by atoms with van der Waals surface area (Å²) in [7, 11) is 0. The number of hydrogen-bond acceptors (Lipinski definition) is 1. The molecular formula is C10H18O. The minimum Gasteiger partial charge on any atom is -0.369 e. The zero-order valence-corrected chi connectivity index (χ0v) is 7.81. The molecule has 1 nitrogen and oxygen atoms in total. The summed E-state index contributed by atoms with van der Waals surface area (Å²) in [5.41, 5.74) is 0.428. The zero-order valence-electron chi connectivity index (χ0n) is 7.81. The maximum absolute atomic E-state index is 5.92. The number of rotatable bonds is 0. The minimum atomic E-state index is 0.176. The van der Waals surface area contributed by atoms with Gasteiger partial charge in [0.1, 0.15) is 0 Å². The molecule has 0 bridgehead atoms. The molecule has 2 unspecified atom stereocenters. The van der Waals surface area contributed by atoms with Crippen LogP contribution < -0.4 is 0 Å². The van der Waals surface area contributed by atoms with Crippen molar-refractivity contribution in [1.29, 1.82) is 0 Å². The minimum absolute atomic E-state index is 0.176. The molecule has 64 valence electrons. The van der Waals surface area contributed by atoms with Crippen molar-refractivity contribution < 1.29 is 4.74 Å². The van der Waals surface area contributed by atoms with Crippen LogP contribution in [0.4, 0.5) is 0 Å². The molecule has 0 radical (unpaired) electrons. The van der Waals surface area contributed by atoms with Crippen molar-refractivity contribution in [2.45, 2.75) is 57.7 Å². The molecule has 1 aliphatic heterocycles. The summed E-state index contributed by atoms with van der Waals surface area (Å²) >= 11 is 0. The van der Waals surface area contributed by atoms with E-state index >= 15 is 0 Å². The van der Waals surface area contributed by atoms with Gasteiger partial charge in [-0.1, -0.05) is 12.8 Å². The third kappa shape index (κ3) is 0.936. The Hall–Kier alpha value is -0.0400. The van der Waals surface area contributed by atoms with Crippen LogP contribution in [0.2, 0.25) is 0 Å². The molecule has 1 aliphatic carbocycles. The number of ether oxygens (including phenoxy) is 1. The third-order valence-corrected chi connectivity index (χ3v) is 3.49. The van der Waals surface area contributed by atoms with E-state index in [1.807, 2.05) is 0 Å². The van der Waals surface area contributed by atoms with Gasteiger partial charge in [-0.05, 0) is 33.6 Å². The summed E-state index contributed by atoms with van der Waals surface area (Å²) in [4.78, 5) is 0. The largest absolute Gasteiger partial charge is 0.369 e. The summed E-state index contributed by atoms with van der Waals surface area (Å²) in [6.45, 7) is 6.73. The van der Waals surface area contributed by atoms with Crippen LogP contribution in [0.3, 0.4) is 0 Å². The molecule has 0 amide bonds. The summed E-state index contributed by atoms with van der Waals surface area (Å²) in [5.74, 6) is 0.823. The zero-order chi connectivity index (χ0) is 8.11. The second-order valence-corrected chi connectivity index (χ2v) is 4.82. The van der Waals surface area contributed by atoms with Crippen molar-refractivity contribution >= 4 is 0 Å². The molecular weight excluding hydrogens is 136 g/mol. The van der Waals surface area contributed by atoms with Crippen LogP contribution in [0, 0.1) is 5.92 Å². The number of hydrogen-bond donors (Lipinski definition) is 0. The Morgan fingerprint density at radius 2 is 1.91 bits per heavy atom. The van der Waals surface area contributed by atoms with E-state index in [-0.39, 0.29) is 11.2 Å². The van der Waals surface area contributed by atoms with Crippen LogP contribution in [-0.4, -0.2) is 11.2 Å². The molecule has 0 N–H and O–H groups in total. The van der Waals surface area contributed by atoms with Crippen molar-refractivity contribution in [2.24, 2.45) is 5.92 Å². The molecule has 11 heavy (non-hydrogen) atoms. The predicted octanol–water partition coefficient (Wildman–Crippen LogP) is 2.74. The van der Waals surface area contributed by atoms with E-state index in [1.165, 1.54) is 25.7 Å². The summed E-state index contributed by atoms with van der Waals surface area (Å²) in [6, 6.07) is 0. The molecule has 1 heteroatoms. The second-order valence-electron chi connectivity index (χ2n) is 4.82. The van der Waals surface area contributed by atoms with Crippen molar-refractivity contribution in [3.05, 3.63) is 0 Å². The lowest BCUT2D eigenvalue weighted by Gasteiger charge is -2.61. The topological polar surface area (TPSA) is 9.23 Å². The molecule has 1 saturated heterocycles. The first-order valence-electron chi connectivity index (χ1n) is 4.75. The Balaban J connectivity index is 2.13. The highest BCUT2D eigenvalue weighted by Gasteiger charge is 2.57. The van der Waals surface area contributed by atoms with E-state index in [4.69, 9.17) is 4.74 Å². The SMILES string of the molecule is CC1(C)OC2(C)CCCCC12. The Morgan fingerprint density at radius 3 is 2.36 bits per heavy atom. The standard InChI is InChI=1S/C10H18O/c1-9(2)8-6-4-5-7-10(8,3)11-9/h8H,4-7H2,1-3H3. The highest BCUT2D eigenvalue weighted by Crippen LogP contribution is 2.54. The first-order chi connectivity index (χ1) is 5.05. The first kappa shape index (κ1) is 7.60. The summed E-state index contributed by atoms with van der Waals surface area (Å²) in [6.07, 6.45) is 5.43. The average Bonchev–Trinajstić information content (AvgIpc) is 1.84. The van der Waals surface area contributed by atoms with Crippen molar-refractivity contribution in [1.82, 2.24) is 0 Å². The average molecular weight is 154 g/mol. The normalized spacial score (nSPS) is 47.7. The van der Waals surface area contributed by atoms with Gasteiger partial charge in [0, 0.05) is 5.92 Å². The molecule has 2 atom stereocenters. The molecule has 2 rings (SSSR count). The van der Waals surface area contributed by atoms with E-state index in [2.05, 4.69) is 20.8 Å². The molecule has 0 aromatic heterocycles. The van der Waals surface area contributed by atoms with E-state index < -0.39 is 0 Å². The van der Waals surface area contributed by atoms with Gasteiger partial charge in [0.25, 0.3) is 0 Å². The van der Waals surface area contributed by atoms with Gasteiger partial charge >= 0.3 is 0 Å². The highest BCUT2D eigenvalue weighted by atomic mass is 16.6. The Labute approximate surface area is 69.1 Å². The van der Waals surface area contributed by atoms with Crippen LogP contribution in [0.1, 0.15) is 46.5 Å². The van der Waals surface area contributed by atoms with Gasteiger partial charge in [0.2, 0.25) is 0 Å². The monoisotopic (exact) mass is 154 g/mol. The van der Waals surface area contributed by atoms with Gasteiger partial charge in [-0.3, -0.25) is 0 Å². The molecule has 2 fully saturated rings. The van der Waals surface area contributed by atoms with Gasteiger partial charge in [-0.15, -0.1) is 0 Å². The molecule has 1 heterocycles. The molecule has 1 saturated carbocycles. The van der Waals surface area contributed by atoms with Gasteiger partial charge < -0.3 is 4.74 Å². The quantitative estimate of drug-likeness (QED) is 0.521. The highest BCUT2D eigenvalue weighted by molar-refractivity contribution is 5.05.